The summed E-state index contributed by atoms with van der Waals surface area (Å²) in [6.07, 6.45) is 2.78. The van der Waals surface area contributed by atoms with Gasteiger partial charge in [-0.25, -0.2) is 13.1 Å². The monoisotopic (exact) mass is 226 g/mol. The van der Waals surface area contributed by atoms with Crippen molar-refractivity contribution in [3.05, 3.63) is 0 Å². The molecule has 0 aromatic carbocycles. The molecule has 1 saturated carbocycles. The number of hydrogen-bond donors (Lipinski definition) is 2. The zero-order valence-electron chi connectivity index (χ0n) is 7.32. The van der Waals surface area contributed by atoms with Crippen molar-refractivity contribution in [2.24, 2.45) is 0 Å². The quantitative estimate of drug-likeness (QED) is 0.704. The van der Waals surface area contributed by atoms with E-state index >= 15 is 0 Å². The molecule has 0 spiro atoms. The molecule has 0 aromatic heterocycles. The van der Waals surface area contributed by atoms with Gasteiger partial charge in [0.1, 0.15) is 0 Å². The van der Waals surface area contributed by atoms with Crippen LogP contribution in [0.2, 0.25) is 0 Å². The van der Waals surface area contributed by atoms with Crippen LogP contribution in [0.15, 0.2) is 0 Å². The van der Waals surface area contributed by atoms with Crippen molar-refractivity contribution in [3.63, 3.8) is 0 Å². The summed E-state index contributed by atoms with van der Waals surface area (Å²) < 4.78 is 25.8. The van der Waals surface area contributed by atoms with Gasteiger partial charge in [-0.1, -0.05) is 0 Å². The van der Waals surface area contributed by atoms with Gasteiger partial charge in [0.05, 0.1) is 5.25 Å². The first-order valence-corrected chi connectivity index (χ1v) is 5.95. The van der Waals surface area contributed by atoms with Crippen molar-refractivity contribution in [2.75, 3.05) is 13.1 Å². The first-order valence-electron chi connectivity index (χ1n) is 4.40. The molecule has 1 aliphatic carbocycles. The Balaban J connectivity index is 0.000000845. The van der Waals surface area contributed by atoms with Gasteiger partial charge in [-0.15, -0.1) is 12.4 Å². The molecule has 2 N–H and O–H groups in total. The predicted molar refractivity (Wildman–Crippen MR) is 53.6 cm³/mol. The molecule has 0 bridgehead atoms. The normalized spacial score (nSPS) is 28.5. The fourth-order valence-corrected chi connectivity index (χ4v) is 3.08. The van der Waals surface area contributed by atoms with Gasteiger partial charge in [0.15, 0.2) is 0 Å². The third-order valence-electron chi connectivity index (χ3n) is 2.36. The lowest BCUT2D eigenvalue weighted by atomic mass is 10.4. The minimum atomic E-state index is -3.01. The Morgan fingerprint density at radius 2 is 1.92 bits per heavy atom. The highest BCUT2D eigenvalue weighted by atomic mass is 35.5. The van der Waals surface area contributed by atoms with E-state index in [9.17, 15) is 8.42 Å². The van der Waals surface area contributed by atoms with Gasteiger partial charge in [0, 0.05) is 12.6 Å². The summed E-state index contributed by atoms with van der Waals surface area (Å²) in [7, 11) is -3.01. The average molecular weight is 227 g/mol. The zero-order chi connectivity index (χ0) is 8.60. The van der Waals surface area contributed by atoms with Gasteiger partial charge in [-0.2, -0.15) is 0 Å². The standard InChI is InChI=1S/C7H14N2O2S.ClH/c10-12(11,9-6-1-2-6)7-3-4-8-5-7;/h6-9H,1-5H2;1H. The van der Waals surface area contributed by atoms with Crippen LogP contribution in [-0.2, 0) is 10.0 Å². The fourth-order valence-electron chi connectivity index (χ4n) is 1.42. The van der Waals surface area contributed by atoms with Gasteiger partial charge >= 0.3 is 0 Å². The highest BCUT2D eigenvalue weighted by molar-refractivity contribution is 7.90. The van der Waals surface area contributed by atoms with Crippen LogP contribution >= 0.6 is 12.4 Å². The summed E-state index contributed by atoms with van der Waals surface area (Å²) >= 11 is 0. The molecule has 1 atom stereocenters. The van der Waals surface area contributed by atoms with Gasteiger partial charge < -0.3 is 5.32 Å². The molecule has 2 fully saturated rings. The van der Waals surface area contributed by atoms with Crippen molar-refractivity contribution >= 4 is 22.4 Å². The van der Waals surface area contributed by atoms with Gasteiger partial charge in [-0.05, 0) is 25.8 Å². The van der Waals surface area contributed by atoms with E-state index in [2.05, 4.69) is 10.0 Å². The lowest BCUT2D eigenvalue weighted by molar-refractivity contribution is 0.567. The van der Waals surface area contributed by atoms with Gasteiger partial charge in [-0.3, -0.25) is 0 Å². The lowest BCUT2D eigenvalue weighted by Gasteiger charge is -2.10. The molecule has 2 rings (SSSR count). The van der Waals surface area contributed by atoms with E-state index in [0.717, 1.165) is 25.8 Å². The Hall–Kier alpha value is 0.160. The molecular formula is C7H15ClN2O2S. The zero-order valence-corrected chi connectivity index (χ0v) is 8.96. The molecule has 1 heterocycles. The van der Waals surface area contributed by atoms with Crippen molar-refractivity contribution in [1.82, 2.24) is 10.0 Å². The molecule has 13 heavy (non-hydrogen) atoms. The first-order chi connectivity index (χ1) is 5.68. The van der Waals surface area contributed by atoms with E-state index in [4.69, 9.17) is 0 Å². The Kier molecular flexibility index (Phi) is 3.57. The van der Waals surface area contributed by atoms with E-state index in [-0.39, 0.29) is 23.7 Å². The molecule has 1 unspecified atom stereocenters. The van der Waals surface area contributed by atoms with E-state index < -0.39 is 10.0 Å². The molecule has 0 aromatic rings. The Labute approximate surface area is 84.9 Å². The molecule has 2 aliphatic rings. The number of hydrogen-bond acceptors (Lipinski definition) is 3. The summed E-state index contributed by atoms with van der Waals surface area (Å²) in [5, 5.41) is 2.86. The Morgan fingerprint density at radius 3 is 2.38 bits per heavy atom. The van der Waals surface area contributed by atoms with Crippen molar-refractivity contribution in [2.45, 2.75) is 30.6 Å². The summed E-state index contributed by atoms with van der Waals surface area (Å²) in [6, 6.07) is 0.246. The van der Waals surface area contributed by atoms with Crippen LogP contribution in [0.3, 0.4) is 0 Å². The number of rotatable bonds is 3. The first kappa shape index (κ1) is 11.2. The van der Waals surface area contributed by atoms with Crippen LogP contribution in [0.5, 0.6) is 0 Å². The molecular weight excluding hydrogens is 212 g/mol. The minimum Gasteiger partial charge on any atom is -0.315 e. The van der Waals surface area contributed by atoms with E-state index in [1.807, 2.05) is 0 Å². The highest BCUT2D eigenvalue weighted by Crippen LogP contribution is 2.21. The van der Waals surface area contributed by atoms with Gasteiger partial charge in [0.2, 0.25) is 10.0 Å². The largest absolute Gasteiger partial charge is 0.315 e. The second-order valence-electron chi connectivity index (χ2n) is 3.55. The average Bonchev–Trinajstić information content (AvgIpc) is 2.67. The second-order valence-corrected chi connectivity index (χ2v) is 5.54. The number of nitrogens with one attached hydrogen (secondary N) is 2. The van der Waals surface area contributed by atoms with Crippen LogP contribution in [0, 0.1) is 0 Å². The maximum absolute atomic E-state index is 11.5. The highest BCUT2D eigenvalue weighted by Gasteiger charge is 2.33. The summed E-state index contributed by atoms with van der Waals surface area (Å²) in [4.78, 5) is 0. The maximum Gasteiger partial charge on any atom is 0.216 e. The third-order valence-corrected chi connectivity index (χ3v) is 4.30. The van der Waals surface area contributed by atoms with Crippen molar-refractivity contribution in [3.8, 4) is 0 Å². The Morgan fingerprint density at radius 1 is 1.23 bits per heavy atom. The van der Waals surface area contributed by atoms with Crippen molar-refractivity contribution < 1.29 is 8.42 Å². The van der Waals surface area contributed by atoms with Crippen LogP contribution in [0.4, 0.5) is 0 Å². The SMILES string of the molecule is Cl.O=S(=O)(NC1CC1)C1CCNC1. The molecule has 6 heteroatoms. The third kappa shape index (κ3) is 2.80. The predicted octanol–water partition coefficient (Wildman–Crippen LogP) is -0.148. The maximum atomic E-state index is 11.5. The minimum absolute atomic E-state index is 0. The van der Waals surface area contributed by atoms with Crippen LogP contribution < -0.4 is 10.0 Å². The number of halogens is 1. The smallest absolute Gasteiger partial charge is 0.216 e. The molecule has 0 amide bonds. The lowest BCUT2D eigenvalue weighted by Crippen LogP contribution is -2.36. The Bertz CT molecular complexity index is 258. The summed E-state index contributed by atoms with van der Waals surface area (Å²) in [5.41, 5.74) is 0. The second kappa shape index (κ2) is 4.13. The van der Waals surface area contributed by atoms with Crippen LogP contribution in [-0.4, -0.2) is 32.8 Å². The topological polar surface area (TPSA) is 58.2 Å². The van der Waals surface area contributed by atoms with E-state index in [0.29, 0.717) is 6.54 Å². The molecule has 1 saturated heterocycles. The summed E-state index contributed by atoms with van der Waals surface area (Å²) in [6.45, 7) is 1.44. The van der Waals surface area contributed by atoms with E-state index in [1.54, 1.807) is 0 Å². The van der Waals surface area contributed by atoms with E-state index in [1.165, 1.54) is 0 Å². The molecule has 4 nitrogen and oxygen atoms in total. The van der Waals surface area contributed by atoms with Crippen molar-refractivity contribution in [1.29, 1.82) is 0 Å². The molecule has 0 radical (unpaired) electrons. The van der Waals surface area contributed by atoms with Crippen LogP contribution in [0.1, 0.15) is 19.3 Å². The molecule has 78 valence electrons. The van der Waals surface area contributed by atoms with Gasteiger partial charge in [0.25, 0.3) is 0 Å². The fraction of sp³-hybridized carbons (Fsp3) is 1.00. The van der Waals surface area contributed by atoms with Crippen LogP contribution in [0.25, 0.3) is 0 Å². The number of sulfonamides is 1. The molecule has 1 aliphatic heterocycles. The summed E-state index contributed by atoms with van der Waals surface area (Å²) in [5.74, 6) is 0.